The molecule has 0 unspecified atom stereocenters. The predicted octanol–water partition coefficient (Wildman–Crippen LogP) is 2.00. The number of rotatable bonds is 3. The summed E-state index contributed by atoms with van der Waals surface area (Å²) in [7, 11) is 1.34. The van der Waals surface area contributed by atoms with Gasteiger partial charge < -0.3 is 15.3 Å². The molecular formula is C19H19F5N6O3. The first-order valence-electron chi connectivity index (χ1n) is 9.91. The lowest BCUT2D eigenvalue weighted by Gasteiger charge is -2.46. The number of hydrogen-bond acceptors (Lipinski definition) is 5. The molecule has 9 nitrogen and oxygen atoms in total. The summed E-state index contributed by atoms with van der Waals surface area (Å²) < 4.78 is 68.2. The number of carboxylic acid groups (broad SMARTS) is 1. The van der Waals surface area contributed by atoms with E-state index in [0.29, 0.717) is 0 Å². The number of aromatic nitrogens is 3. The molecule has 2 amide bonds. The third-order valence-electron chi connectivity index (χ3n) is 5.88. The minimum atomic E-state index is -4.71. The minimum Gasteiger partial charge on any atom is -0.465 e. The fourth-order valence-corrected chi connectivity index (χ4v) is 4.42. The summed E-state index contributed by atoms with van der Waals surface area (Å²) in [5, 5.41) is 15.0. The normalized spacial score (nSPS) is 24.0. The second kappa shape index (κ2) is 8.24. The van der Waals surface area contributed by atoms with Crippen LogP contribution in [0.3, 0.4) is 0 Å². The third-order valence-corrected chi connectivity index (χ3v) is 5.88. The average Bonchev–Trinajstić information content (AvgIpc) is 3.16. The smallest absolute Gasteiger partial charge is 0.453 e. The van der Waals surface area contributed by atoms with E-state index in [1.54, 1.807) is 4.90 Å². The van der Waals surface area contributed by atoms with Gasteiger partial charge in [-0.3, -0.25) is 9.69 Å². The van der Waals surface area contributed by atoms with Gasteiger partial charge in [-0.2, -0.15) is 13.2 Å². The van der Waals surface area contributed by atoms with Gasteiger partial charge in [0.2, 0.25) is 5.91 Å². The molecular weight excluding hydrogens is 455 g/mol. The molecule has 3 heterocycles. The van der Waals surface area contributed by atoms with Crippen LogP contribution in [0, 0.1) is 11.6 Å². The molecule has 1 fully saturated rings. The monoisotopic (exact) mass is 474 g/mol. The molecule has 14 heteroatoms. The summed E-state index contributed by atoms with van der Waals surface area (Å²) in [4.78, 5) is 30.8. The van der Waals surface area contributed by atoms with E-state index in [1.807, 2.05) is 0 Å². The molecule has 2 aromatic rings. The van der Waals surface area contributed by atoms with Gasteiger partial charge in [-0.1, -0.05) is 0 Å². The SMILES string of the molecule is CN1C(=O)[C@H](N2CCn3nc(C(F)(F)F)nc3C2)C[C@H](NC(=O)O)[C@H]1c1cc(F)ccc1F. The molecule has 4 rings (SSSR count). The van der Waals surface area contributed by atoms with Crippen molar-refractivity contribution in [2.45, 2.75) is 43.8 Å². The highest BCUT2D eigenvalue weighted by atomic mass is 19.4. The number of carbonyl (C=O) groups excluding carboxylic acids is 1. The van der Waals surface area contributed by atoms with Crippen LogP contribution >= 0.6 is 0 Å². The van der Waals surface area contributed by atoms with Crippen molar-refractivity contribution in [2.75, 3.05) is 13.6 Å². The molecule has 2 N–H and O–H groups in total. The molecule has 1 aromatic carbocycles. The summed E-state index contributed by atoms with van der Waals surface area (Å²) in [5.74, 6) is -3.32. The van der Waals surface area contributed by atoms with Crippen molar-refractivity contribution in [3.8, 4) is 0 Å². The Kier molecular flexibility index (Phi) is 5.72. The van der Waals surface area contributed by atoms with Crippen molar-refractivity contribution in [1.29, 1.82) is 0 Å². The molecule has 0 bridgehead atoms. The summed E-state index contributed by atoms with van der Waals surface area (Å²) in [6, 6.07) is -0.335. The van der Waals surface area contributed by atoms with Crippen LogP contribution in [0.15, 0.2) is 18.2 Å². The Morgan fingerprint density at radius 1 is 1.24 bits per heavy atom. The van der Waals surface area contributed by atoms with E-state index in [9.17, 15) is 36.6 Å². The Labute approximate surface area is 183 Å². The fourth-order valence-electron chi connectivity index (χ4n) is 4.42. The lowest BCUT2D eigenvalue weighted by molar-refractivity contribution is -0.145. The maximum atomic E-state index is 14.5. The van der Waals surface area contributed by atoms with Gasteiger partial charge in [-0.05, 0) is 24.6 Å². The van der Waals surface area contributed by atoms with Crippen molar-refractivity contribution in [2.24, 2.45) is 0 Å². The number of benzene rings is 1. The molecule has 0 aliphatic carbocycles. The number of amides is 2. The van der Waals surface area contributed by atoms with Gasteiger partial charge in [0.25, 0.3) is 5.82 Å². The molecule has 178 valence electrons. The zero-order valence-electron chi connectivity index (χ0n) is 17.2. The molecule has 3 atom stereocenters. The van der Waals surface area contributed by atoms with Gasteiger partial charge >= 0.3 is 12.3 Å². The highest BCUT2D eigenvalue weighted by Crippen LogP contribution is 2.35. The quantitative estimate of drug-likeness (QED) is 0.660. The van der Waals surface area contributed by atoms with Crippen LogP contribution in [0.2, 0.25) is 0 Å². The number of hydrogen-bond donors (Lipinski definition) is 2. The van der Waals surface area contributed by atoms with E-state index in [2.05, 4.69) is 15.4 Å². The maximum Gasteiger partial charge on any atom is 0.453 e. The summed E-state index contributed by atoms with van der Waals surface area (Å²) in [6.45, 7) is 0.0910. The molecule has 0 radical (unpaired) electrons. The first-order chi connectivity index (χ1) is 15.5. The summed E-state index contributed by atoms with van der Waals surface area (Å²) in [5.41, 5.74) is -0.184. The number of fused-ring (bicyclic) bond motifs is 1. The Bertz CT molecular complexity index is 1090. The molecule has 2 aliphatic heterocycles. The Hall–Kier alpha value is -3.29. The van der Waals surface area contributed by atoms with Crippen LogP contribution in [0.25, 0.3) is 0 Å². The zero-order valence-corrected chi connectivity index (χ0v) is 17.2. The largest absolute Gasteiger partial charge is 0.465 e. The van der Waals surface area contributed by atoms with Crippen molar-refractivity contribution >= 4 is 12.0 Å². The number of carbonyl (C=O) groups is 2. The van der Waals surface area contributed by atoms with E-state index in [1.165, 1.54) is 7.05 Å². The first kappa shape index (κ1) is 22.9. The van der Waals surface area contributed by atoms with Crippen LogP contribution in [-0.2, 0) is 24.1 Å². The maximum absolute atomic E-state index is 14.5. The highest BCUT2D eigenvalue weighted by molar-refractivity contribution is 5.83. The van der Waals surface area contributed by atoms with Gasteiger partial charge in [0.15, 0.2) is 0 Å². The van der Waals surface area contributed by atoms with E-state index in [0.717, 1.165) is 27.8 Å². The van der Waals surface area contributed by atoms with Crippen LogP contribution in [0.1, 0.15) is 29.7 Å². The topological polar surface area (TPSA) is 104 Å². The number of piperidine rings is 1. The average molecular weight is 474 g/mol. The molecule has 2 aliphatic rings. The van der Waals surface area contributed by atoms with Gasteiger partial charge in [0.05, 0.1) is 31.2 Å². The first-order valence-corrected chi connectivity index (χ1v) is 9.91. The zero-order chi connectivity index (χ0) is 24.1. The Balaban J connectivity index is 1.62. The lowest BCUT2D eigenvalue weighted by atomic mass is 9.86. The van der Waals surface area contributed by atoms with Gasteiger partial charge in [-0.25, -0.2) is 23.2 Å². The van der Waals surface area contributed by atoms with Gasteiger partial charge in [-0.15, -0.1) is 5.10 Å². The third kappa shape index (κ3) is 4.34. The number of nitrogens with one attached hydrogen (secondary N) is 1. The Morgan fingerprint density at radius 3 is 2.64 bits per heavy atom. The van der Waals surface area contributed by atoms with E-state index in [-0.39, 0.29) is 37.4 Å². The predicted molar refractivity (Wildman–Crippen MR) is 101 cm³/mol. The number of halogens is 5. The van der Waals surface area contributed by atoms with Crippen LogP contribution in [-0.4, -0.2) is 67.3 Å². The van der Waals surface area contributed by atoms with Crippen molar-refractivity contribution < 1.29 is 36.6 Å². The van der Waals surface area contributed by atoms with E-state index in [4.69, 9.17) is 0 Å². The minimum absolute atomic E-state index is 0.0186. The number of likely N-dealkylation sites (N-methyl/N-ethyl adjacent to an activating group) is 1. The van der Waals surface area contributed by atoms with Gasteiger partial charge in [0, 0.05) is 19.2 Å². The standard InChI is InChI=1S/C19H19F5N6O3/c1-28-15(10-6-9(20)2-3-11(10)21)12(25-18(32)33)7-13(16(28)31)29-4-5-30-14(8-29)26-17(27-30)19(22,23)24/h2-3,6,12-13,15,25H,4-5,7-8H2,1H3,(H,32,33)/t12-,13+,15+/m0/s1. The lowest BCUT2D eigenvalue weighted by Crippen LogP contribution is -2.61. The number of alkyl halides is 3. The molecule has 1 aromatic heterocycles. The molecule has 33 heavy (non-hydrogen) atoms. The van der Waals surface area contributed by atoms with Crippen molar-refractivity contribution in [3.63, 3.8) is 0 Å². The number of nitrogens with zero attached hydrogens (tertiary/aromatic N) is 5. The van der Waals surface area contributed by atoms with Crippen LogP contribution in [0.5, 0.6) is 0 Å². The highest BCUT2D eigenvalue weighted by Gasteiger charge is 2.46. The van der Waals surface area contributed by atoms with Gasteiger partial charge in [0.1, 0.15) is 17.5 Å². The fraction of sp³-hybridized carbons (Fsp3) is 0.474. The molecule has 1 saturated heterocycles. The van der Waals surface area contributed by atoms with Crippen molar-refractivity contribution in [1.82, 2.24) is 29.9 Å². The summed E-state index contributed by atoms with van der Waals surface area (Å²) >= 11 is 0. The molecule has 0 saturated carbocycles. The Morgan fingerprint density at radius 2 is 1.97 bits per heavy atom. The molecule has 0 spiro atoms. The van der Waals surface area contributed by atoms with Crippen LogP contribution in [0.4, 0.5) is 26.7 Å². The van der Waals surface area contributed by atoms with Crippen LogP contribution < -0.4 is 5.32 Å². The second-order valence-electron chi connectivity index (χ2n) is 7.91. The van der Waals surface area contributed by atoms with E-state index < -0.39 is 53.8 Å². The number of likely N-dealkylation sites (tertiary alicyclic amines) is 1. The van der Waals surface area contributed by atoms with Crippen molar-refractivity contribution in [3.05, 3.63) is 47.0 Å². The second-order valence-corrected chi connectivity index (χ2v) is 7.91. The summed E-state index contributed by atoms with van der Waals surface area (Å²) in [6.07, 6.45) is -6.23. The van der Waals surface area contributed by atoms with E-state index >= 15 is 0 Å².